The van der Waals surface area contributed by atoms with Crippen LogP contribution in [0.25, 0.3) is 0 Å². The summed E-state index contributed by atoms with van der Waals surface area (Å²) in [5, 5.41) is 2.83. The molecule has 1 fully saturated rings. The molecule has 0 bridgehead atoms. The second kappa shape index (κ2) is 2.94. The zero-order valence-electron chi connectivity index (χ0n) is 6.34. The topological polar surface area (TPSA) is 42.2 Å². The molecular weight excluding hydrogens is 222 g/mol. The van der Waals surface area contributed by atoms with Gasteiger partial charge in [-0.05, 0) is 40.9 Å². The van der Waals surface area contributed by atoms with E-state index in [9.17, 15) is 4.79 Å². The number of halogens is 1. The third kappa shape index (κ3) is 1.69. The molecule has 12 heavy (non-hydrogen) atoms. The lowest BCUT2D eigenvalue weighted by Gasteiger charge is -1.97. The number of hydrogen-bond donors (Lipinski definition) is 1. The summed E-state index contributed by atoms with van der Waals surface area (Å²) in [5.74, 6) is 0.247. The first-order chi connectivity index (χ1) is 5.75. The SMILES string of the molecule is O=C(NC1CC1)c1ccc(Br)o1. The molecule has 64 valence electrons. The summed E-state index contributed by atoms with van der Waals surface area (Å²) in [6, 6.07) is 3.74. The summed E-state index contributed by atoms with van der Waals surface area (Å²) in [6.07, 6.45) is 2.18. The predicted octanol–water partition coefficient (Wildman–Crippen LogP) is 1.93. The highest BCUT2D eigenvalue weighted by molar-refractivity contribution is 9.10. The van der Waals surface area contributed by atoms with Crippen LogP contribution in [0.5, 0.6) is 0 Å². The van der Waals surface area contributed by atoms with Crippen LogP contribution in [0.15, 0.2) is 21.2 Å². The van der Waals surface area contributed by atoms with Crippen molar-refractivity contribution in [3.63, 3.8) is 0 Å². The van der Waals surface area contributed by atoms with Gasteiger partial charge in [0, 0.05) is 6.04 Å². The summed E-state index contributed by atoms with van der Waals surface area (Å²) in [6.45, 7) is 0. The van der Waals surface area contributed by atoms with Gasteiger partial charge in [-0.3, -0.25) is 4.79 Å². The summed E-state index contributed by atoms with van der Waals surface area (Å²) in [5.41, 5.74) is 0. The lowest BCUT2D eigenvalue weighted by molar-refractivity contribution is 0.0922. The van der Waals surface area contributed by atoms with Crippen LogP contribution in [0.1, 0.15) is 23.4 Å². The summed E-state index contributed by atoms with van der Waals surface area (Å²) < 4.78 is 5.67. The minimum atomic E-state index is -0.122. The maximum atomic E-state index is 11.3. The molecule has 0 saturated heterocycles. The fourth-order valence-electron chi connectivity index (χ4n) is 0.921. The molecule has 3 nitrogen and oxygen atoms in total. The normalized spacial score (nSPS) is 16.1. The molecule has 0 unspecified atom stereocenters. The Kier molecular flexibility index (Phi) is 1.92. The lowest BCUT2D eigenvalue weighted by Crippen LogP contribution is -2.24. The smallest absolute Gasteiger partial charge is 0.287 e. The lowest BCUT2D eigenvalue weighted by atomic mass is 10.4. The van der Waals surface area contributed by atoms with Crippen LogP contribution >= 0.6 is 15.9 Å². The molecular formula is C8H8BrNO2. The Morgan fingerprint density at radius 3 is 2.83 bits per heavy atom. The Labute approximate surface area is 78.3 Å². The van der Waals surface area contributed by atoms with Crippen molar-refractivity contribution in [2.75, 3.05) is 0 Å². The zero-order chi connectivity index (χ0) is 8.55. The molecule has 1 amide bonds. The molecule has 2 rings (SSSR count). The van der Waals surface area contributed by atoms with Gasteiger partial charge in [-0.15, -0.1) is 0 Å². The Balaban J connectivity index is 2.03. The molecule has 0 radical (unpaired) electrons. The number of hydrogen-bond acceptors (Lipinski definition) is 2. The van der Waals surface area contributed by atoms with Crippen LogP contribution in [0.4, 0.5) is 0 Å². The van der Waals surface area contributed by atoms with Crippen molar-refractivity contribution in [1.29, 1.82) is 0 Å². The molecule has 0 aliphatic heterocycles. The highest BCUT2D eigenvalue weighted by atomic mass is 79.9. The first kappa shape index (κ1) is 7.86. The standard InChI is InChI=1S/C8H8BrNO2/c9-7-4-3-6(12-7)8(11)10-5-1-2-5/h3-5H,1-2H2,(H,10,11). The number of amides is 1. The van der Waals surface area contributed by atoms with Gasteiger partial charge in [0.15, 0.2) is 10.4 Å². The minimum Gasteiger partial charge on any atom is -0.444 e. The van der Waals surface area contributed by atoms with Gasteiger partial charge in [-0.1, -0.05) is 0 Å². The van der Waals surface area contributed by atoms with Crippen LogP contribution in [0.3, 0.4) is 0 Å². The molecule has 0 aromatic carbocycles. The van der Waals surface area contributed by atoms with Gasteiger partial charge >= 0.3 is 0 Å². The minimum absolute atomic E-state index is 0.122. The molecule has 1 saturated carbocycles. The van der Waals surface area contributed by atoms with E-state index in [1.807, 2.05) is 0 Å². The molecule has 1 aliphatic carbocycles. The van der Waals surface area contributed by atoms with Crippen LogP contribution in [0.2, 0.25) is 0 Å². The van der Waals surface area contributed by atoms with E-state index in [2.05, 4.69) is 21.2 Å². The van der Waals surface area contributed by atoms with Crippen molar-refractivity contribution in [2.24, 2.45) is 0 Å². The third-order valence-corrected chi connectivity index (χ3v) is 2.14. The van der Waals surface area contributed by atoms with Crippen LogP contribution < -0.4 is 5.32 Å². The highest BCUT2D eigenvalue weighted by Gasteiger charge is 2.24. The van der Waals surface area contributed by atoms with Gasteiger partial charge in [0.25, 0.3) is 5.91 Å². The molecule has 1 aromatic rings. The average molecular weight is 230 g/mol. The van der Waals surface area contributed by atoms with E-state index >= 15 is 0 Å². The van der Waals surface area contributed by atoms with Crippen molar-refractivity contribution in [3.8, 4) is 0 Å². The molecule has 4 heteroatoms. The van der Waals surface area contributed by atoms with Crippen LogP contribution in [-0.2, 0) is 0 Å². The van der Waals surface area contributed by atoms with Crippen molar-refractivity contribution in [3.05, 3.63) is 22.6 Å². The molecule has 0 atom stereocenters. The maximum Gasteiger partial charge on any atom is 0.287 e. The van der Waals surface area contributed by atoms with E-state index in [4.69, 9.17) is 4.42 Å². The third-order valence-electron chi connectivity index (χ3n) is 1.71. The van der Waals surface area contributed by atoms with Gasteiger partial charge in [-0.2, -0.15) is 0 Å². The molecule has 1 heterocycles. The van der Waals surface area contributed by atoms with Crippen molar-refractivity contribution in [2.45, 2.75) is 18.9 Å². The van der Waals surface area contributed by atoms with Gasteiger partial charge < -0.3 is 9.73 Å². The van der Waals surface area contributed by atoms with Crippen molar-refractivity contribution in [1.82, 2.24) is 5.32 Å². The second-order valence-corrected chi connectivity index (χ2v) is 3.63. The molecule has 1 aromatic heterocycles. The van der Waals surface area contributed by atoms with Crippen LogP contribution in [-0.4, -0.2) is 11.9 Å². The van der Waals surface area contributed by atoms with Gasteiger partial charge in [0.1, 0.15) is 0 Å². The maximum absolute atomic E-state index is 11.3. The highest BCUT2D eigenvalue weighted by Crippen LogP contribution is 2.20. The Morgan fingerprint density at radius 1 is 1.58 bits per heavy atom. The number of furan rings is 1. The summed E-state index contributed by atoms with van der Waals surface area (Å²) >= 11 is 3.14. The Morgan fingerprint density at radius 2 is 2.33 bits per heavy atom. The fraction of sp³-hybridized carbons (Fsp3) is 0.375. The average Bonchev–Trinajstić information content (AvgIpc) is 2.72. The first-order valence-electron chi connectivity index (χ1n) is 3.82. The van der Waals surface area contributed by atoms with Crippen molar-refractivity contribution >= 4 is 21.8 Å². The number of nitrogens with one attached hydrogen (secondary N) is 1. The van der Waals surface area contributed by atoms with E-state index < -0.39 is 0 Å². The van der Waals surface area contributed by atoms with E-state index in [0.29, 0.717) is 16.5 Å². The van der Waals surface area contributed by atoms with Crippen molar-refractivity contribution < 1.29 is 9.21 Å². The van der Waals surface area contributed by atoms with Gasteiger partial charge in [0.2, 0.25) is 0 Å². The second-order valence-electron chi connectivity index (χ2n) is 2.85. The van der Waals surface area contributed by atoms with Gasteiger partial charge in [0.05, 0.1) is 0 Å². The molecule has 0 spiro atoms. The Bertz CT molecular complexity index is 304. The monoisotopic (exact) mass is 229 g/mol. The molecule has 1 aliphatic rings. The van der Waals surface area contributed by atoms with Crippen LogP contribution in [0, 0.1) is 0 Å². The van der Waals surface area contributed by atoms with E-state index in [0.717, 1.165) is 12.8 Å². The van der Waals surface area contributed by atoms with Gasteiger partial charge in [-0.25, -0.2) is 0 Å². The quantitative estimate of drug-likeness (QED) is 0.843. The number of carbonyl (C=O) groups is 1. The summed E-state index contributed by atoms with van der Waals surface area (Å²) in [4.78, 5) is 11.3. The number of rotatable bonds is 2. The zero-order valence-corrected chi connectivity index (χ0v) is 7.93. The van der Waals surface area contributed by atoms with E-state index in [1.54, 1.807) is 12.1 Å². The van der Waals surface area contributed by atoms with E-state index in [1.165, 1.54) is 0 Å². The summed E-state index contributed by atoms with van der Waals surface area (Å²) in [7, 11) is 0. The van der Waals surface area contributed by atoms with E-state index in [-0.39, 0.29) is 5.91 Å². The fourth-order valence-corrected chi connectivity index (χ4v) is 1.23. The largest absolute Gasteiger partial charge is 0.444 e. The Hall–Kier alpha value is -0.770. The predicted molar refractivity (Wildman–Crippen MR) is 46.9 cm³/mol. The first-order valence-corrected chi connectivity index (χ1v) is 4.61. The number of carbonyl (C=O) groups excluding carboxylic acids is 1. The molecule has 1 N–H and O–H groups in total.